The number of hydrogen-bond donors (Lipinski definition) is 0. The summed E-state index contributed by atoms with van der Waals surface area (Å²) < 4.78 is 0. The zero-order valence-electron chi connectivity index (χ0n) is 19.3. The number of amides is 1. The summed E-state index contributed by atoms with van der Waals surface area (Å²) >= 11 is 0. The lowest BCUT2D eigenvalue weighted by Crippen LogP contribution is -2.29. The van der Waals surface area contributed by atoms with Gasteiger partial charge >= 0.3 is 0 Å². The number of carbonyl (C=O) groups is 1. The summed E-state index contributed by atoms with van der Waals surface area (Å²) in [6.45, 7) is 0.983. The Morgan fingerprint density at radius 3 is 2.14 bits per heavy atom. The van der Waals surface area contributed by atoms with E-state index in [-0.39, 0.29) is 12.1 Å². The van der Waals surface area contributed by atoms with Crippen molar-refractivity contribution in [2.24, 2.45) is 5.10 Å². The predicted molar refractivity (Wildman–Crippen MR) is 142 cm³/mol. The lowest BCUT2D eigenvalue weighted by atomic mass is 10.0. The van der Waals surface area contributed by atoms with Gasteiger partial charge in [0.2, 0.25) is 0 Å². The quantitative estimate of drug-likeness (QED) is 0.289. The van der Waals surface area contributed by atoms with E-state index in [1.165, 1.54) is 5.56 Å². The van der Waals surface area contributed by atoms with Crippen LogP contribution in [0.3, 0.4) is 0 Å². The maximum absolute atomic E-state index is 13.4. The third kappa shape index (κ3) is 4.09. The summed E-state index contributed by atoms with van der Waals surface area (Å²) in [4.78, 5) is 15.6. The molecule has 6 rings (SSSR count). The molecule has 1 saturated heterocycles. The van der Waals surface area contributed by atoms with Gasteiger partial charge in [-0.3, -0.25) is 9.69 Å². The molecule has 170 valence electrons. The van der Waals surface area contributed by atoms with Gasteiger partial charge in [0.25, 0.3) is 5.91 Å². The van der Waals surface area contributed by atoms with Crippen LogP contribution in [0.2, 0.25) is 0 Å². The highest BCUT2D eigenvalue weighted by Gasteiger charge is 2.39. The van der Waals surface area contributed by atoms with Crippen molar-refractivity contribution in [3.63, 3.8) is 0 Å². The van der Waals surface area contributed by atoms with E-state index < -0.39 is 0 Å². The van der Waals surface area contributed by atoms with Crippen LogP contribution >= 0.6 is 0 Å². The van der Waals surface area contributed by atoms with Gasteiger partial charge in [0, 0.05) is 12.1 Å². The van der Waals surface area contributed by atoms with E-state index in [2.05, 4.69) is 65.6 Å². The maximum atomic E-state index is 13.4. The molecule has 5 aromatic rings. The fourth-order valence-corrected chi connectivity index (χ4v) is 5.00. The lowest BCUT2D eigenvalue weighted by Gasteiger charge is -2.28. The van der Waals surface area contributed by atoms with Gasteiger partial charge in [0.1, 0.15) is 6.17 Å². The summed E-state index contributed by atoms with van der Waals surface area (Å²) in [5.74, 6) is -0.00430. The van der Waals surface area contributed by atoms with Crippen LogP contribution in [-0.4, -0.2) is 28.6 Å². The Hall–Kier alpha value is -4.28. The molecule has 1 amide bonds. The number of hydrogen-bond acceptors (Lipinski definition) is 3. The van der Waals surface area contributed by atoms with Crippen molar-refractivity contribution >= 4 is 33.7 Å². The van der Waals surface area contributed by atoms with Gasteiger partial charge in [0.05, 0.1) is 12.8 Å². The Morgan fingerprint density at radius 2 is 1.34 bits per heavy atom. The highest BCUT2D eigenvalue weighted by molar-refractivity contribution is 6.00. The largest absolute Gasteiger partial charge is 0.271 e. The molecule has 0 N–H and O–H groups in total. The predicted octanol–water partition coefficient (Wildman–Crippen LogP) is 6.37. The second kappa shape index (κ2) is 9.16. The molecule has 0 saturated carbocycles. The average Bonchev–Trinajstić information content (AvgIpc) is 3.21. The monoisotopic (exact) mass is 455 g/mol. The van der Waals surface area contributed by atoms with E-state index in [4.69, 9.17) is 5.10 Å². The molecule has 0 aromatic heterocycles. The molecular formula is C31H25N3O. The zero-order valence-corrected chi connectivity index (χ0v) is 19.3. The van der Waals surface area contributed by atoms with Gasteiger partial charge in [-0.15, -0.1) is 0 Å². The zero-order chi connectivity index (χ0) is 23.6. The fourth-order valence-electron chi connectivity index (χ4n) is 5.00. The number of carbonyl (C=O) groups excluding carboxylic acids is 1. The minimum absolute atomic E-state index is 0.00430. The van der Waals surface area contributed by atoms with Crippen LogP contribution in [0.5, 0.6) is 0 Å². The van der Waals surface area contributed by atoms with Crippen molar-refractivity contribution in [3.8, 4) is 0 Å². The summed E-state index contributed by atoms with van der Waals surface area (Å²) in [7, 11) is 0. The number of fused-ring (bicyclic) bond motifs is 2. The Bertz CT molecular complexity index is 1530. The van der Waals surface area contributed by atoms with Crippen molar-refractivity contribution in [3.05, 3.63) is 132 Å². The summed E-state index contributed by atoms with van der Waals surface area (Å²) in [6, 6.07) is 39.3. The van der Waals surface area contributed by atoms with Crippen molar-refractivity contribution in [1.82, 2.24) is 9.91 Å². The minimum atomic E-state index is -0.292. The SMILES string of the molecule is O=C1CN(Cc2ccccc2)C(c2cccc3ccccc23)N1N=Cc1cccc2ccccc12. The van der Waals surface area contributed by atoms with E-state index in [1.807, 2.05) is 60.8 Å². The van der Waals surface area contributed by atoms with Crippen LogP contribution in [0.4, 0.5) is 0 Å². The Labute approximate surface area is 204 Å². The maximum Gasteiger partial charge on any atom is 0.258 e. The van der Waals surface area contributed by atoms with Gasteiger partial charge in [-0.1, -0.05) is 115 Å². The summed E-state index contributed by atoms with van der Waals surface area (Å²) in [5, 5.41) is 11.0. The average molecular weight is 456 g/mol. The highest BCUT2D eigenvalue weighted by atomic mass is 16.2. The normalized spacial score (nSPS) is 16.6. The topological polar surface area (TPSA) is 35.9 Å². The molecule has 1 unspecified atom stereocenters. The molecule has 4 nitrogen and oxygen atoms in total. The van der Waals surface area contributed by atoms with Gasteiger partial charge in [-0.2, -0.15) is 5.10 Å². The van der Waals surface area contributed by atoms with E-state index >= 15 is 0 Å². The van der Waals surface area contributed by atoms with Gasteiger partial charge in [-0.25, -0.2) is 5.01 Å². The molecule has 1 aliphatic heterocycles. The molecule has 35 heavy (non-hydrogen) atoms. The number of benzene rings is 5. The third-order valence-corrected chi connectivity index (χ3v) is 6.65. The molecule has 0 radical (unpaired) electrons. The van der Waals surface area contributed by atoms with E-state index in [0.717, 1.165) is 32.7 Å². The molecule has 0 aliphatic carbocycles. The summed E-state index contributed by atoms with van der Waals surface area (Å²) in [6.07, 6.45) is 1.53. The third-order valence-electron chi connectivity index (χ3n) is 6.65. The highest BCUT2D eigenvalue weighted by Crippen LogP contribution is 2.36. The lowest BCUT2D eigenvalue weighted by molar-refractivity contribution is -0.128. The van der Waals surface area contributed by atoms with E-state index in [1.54, 1.807) is 5.01 Å². The van der Waals surface area contributed by atoms with E-state index in [0.29, 0.717) is 13.1 Å². The van der Waals surface area contributed by atoms with Crippen LogP contribution in [0.25, 0.3) is 21.5 Å². The van der Waals surface area contributed by atoms with Gasteiger partial charge in [-0.05, 0) is 32.7 Å². The second-order valence-corrected chi connectivity index (χ2v) is 8.88. The smallest absolute Gasteiger partial charge is 0.258 e. The molecular weight excluding hydrogens is 430 g/mol. The van der Waals surface area contributed by atoms with Gasteiger partial charge < -0.3 is 0 Å². The first kappa shape index (κ1) is 21.3. The van der Waals surface area contributed by atoms with Crippen LogP contribution in [0.15, 0.2) is 120 Å². The van der Waals surface area contributed by atoms with Crippen LogP contribution in [0.1, 0.15) is 22.9 Å². The Balaban J connectivity index is 1.44. The van der Waals surface area contributed by atoms with Gasteiger partial charge in [0.15, 0.2) is 0 Å². The summed E-state index contributed by atoms with van der Waals surface area (Å²) in [5.41, 5.74) is 3.25. The van der Waals surface area contributed by atoms with E-state index in [9.17, 15) is 4.79 Å². The van der Waals surface area contributed by atoms with Crippen molar-refractivity contribution in [1.29, 1.82) is 0 Å². The van der Waals surface area contributed by atoms with Crippen molar-refractivity contribution in [2.75, 3.05) is 6.54 Å². The number of rotatable bonds is 5. The molecule has 0 bridgehead atoms. The van der Waals surface area contributed by atoms with Crippen LogP contribution in [-0.2, 0) is 11.3 Å². The van der Waals surface area contributed by atoms with Crippen LogP contribution < -0.4 is 0 Å². The minimum Gasteiger partial charge on any atom is -0.271 e. The first-order chi connectivity index (χ1) is 17.3. The molecule has 1 atom stereocenters. The molecule has 4 heteroatoms. The van der Waals surface area contributed by atoms with Crippen molar-refractivity contribution < 1.29 is 4.79 Å². The molecule has 0 spiro atoms. The standard InChI is InChI=1S/C31H25N3O/c35-30-22-33(21-23-10-2-1-3-11-23)31(29-19-9-15-25-13-5-7-18-28(25)29)34(30)32-20-26-16-8-14-24-12-4-6-17-27(24)26/h1-20,31H,21-22H2. The number of nitrogens with zero attached hydrogens (tertiary/aromatic N) is 3. The fraction of sp³-hybridized carbons (Fsp3) is 0.0968. The Kier molecular flexibility index (Phi) is 5.57. The number of hydrazone groups is 1. The first-order valence-electron chi connectivity index (χ1n) is 11.9. The molecule has 1 fully saturated rings. The van der Waals surface area contributed by atoms with Crippen LogP contribution in [0, 0.1) is 0 Å². The second-order valence-electron chi connectivity index (χ2n) is 8.88. The van der Waals surface area contributed by atoms with Crippen molar-refractivity contribution in [2.45, 2.75) is 12.7 Å². The Morgan fingerprint density at radius 1 is 0.714 bits per heavy atom. The first-order valence-corrected chi connectivity index (χ1v) is 11.9. The molecule has 1 aliphatic rings. The molecule has 1 heterocycles. The molecule has 5 aromatic carbocycles.